The number of hydrogen-bond acceptors (Lipinski definition) is 2. The van der Waals surface area contributed by atoms with E-state index >= 15 is 0 Å². The molecule has 0 aliphatic rings. The molecule has 1 aromatic heterocycles. The minimum Gasteiger partial charge on any atom is -0.305 e. The lowest BCUT2D eigenvalue weighted by atomic mass is 10.1. The molecule has 3 rings (SSSR count). The van der Waals surface area contributed by atoms with Crippen molar-refractivity contribution in [1.82, 2.24) is 4.57 Å². The van der Waals surface area contributed by atoms with Crippen LogP contribution in [0.1, 0.15) is 27.0 Å². The number of nitrogens with zero attached hydrogens (tertiary/aromatic N) is 2. The molecule has 0 saturated heterocycles. The Morgan fingerprint density at radius 1 is 1.17 bits per heavy atom. The molecular formula is C20H18N2OS. The van der Waals surface area contributed by atoms with Crippen molar-refractivity contribution in [2.24, 2.45) is 4.99 Å². The van der Waals surface area contributed by atoms with Gasteiger partial charge in [0.15, 0.2) is 4.80 Å². The third-order valence-corrected chi connectivity index (χ3v) is 5.16. The van der Waals surface area contributed by atoms with Gasteiger partial charge in [-0.25, -0.2) is 0 Å². The van der Waals surface area contributed by atoms with E-state index in [4.69, 9.17) is 6.42 Å². The number of fused-ring (bicyclic) bond motifs is 1. The summed E-state index contributed by atoms with van der Waals surface area (Å²) >= 11 is 1.50. The zero-order valence-electron chi connectivity index (χ0n) is 14.0. The number of aromatic nitrogens is 1. The zero-order chi connectivity index (χ0) is 17.3. The molecule has 0 aliphatic carbocycles. The monoisotopic (exact) mass is 334 g/mol. The van der Waals surface area contributed by atoms with Gasteiger partial charge >= 0.3 is 0 Å². The van der Waals surface area contributed by atoms with E-state index in [2.05, 4.69) is 36.9 Å². The van der Waals surface area contributed by atoms with Gasteiger partial charge in [-0.3, -0.25) is 4.79 Å². The molecule has 0 saturated carbocycles. The molecule has 2 aromatic carbocycles. The van der Waals surface area contributed by atoms with Crippen molar-refractivity contribution in [3.63, 3.8) is 0 Å². The summed E-state index contributed by atoms with van der Waals surface area (Å²) in [7, 11) is 0. The molecule has 0 unspecified atom stereocenters. The van der Waals surface area contributed by atoms with Gasteiger partial charge in [-0.2, -0.15) is 4.99 Å². The highest BCUT2D eigenvalue weighted by atomic mass is 32.1. The minimum absolute atomic E-state index is 0.237. The van der Waals surface area contributed by atoms with Crippen LogP contribution in [0.5, 0.6) is 0 Å². The highest BCUT2D eigenvalue weighted by Crippen LogP contribution is 2.22. The number of aryl methyl sites for hydroxylation is 3. The van der Waals surface area contributed by atoms with E-state index in [0.717, 1.165) is 15.8 Å². The maximum absolute atomic E-state index is 12.6. The van der Waals surface area contributed by atoms with Crippen LogP contribution in [0.25, 0.3) is 10.2 Å². The molecule has 0 spiro atoms. The molecule has 0 fully saturated rings. The maximum Gasteiger partial charge on any atom is 0.279 e. The molecule has 0 atom stereocenters. The van der Waals surface area contributed by atoms with E-state index in [0.29, 0.717) is 16.9 Å². The number of carbonyl (C=O) groups excluding carboxylic acids is 1. The Kier molecular flexibility index (Phi) is 4.37. The fourth-order valence-corrected chi connectivity index (χ4v) is 3.72. The molecular weight excluding hydrogens is 316 g/mol. The van der Waals surface area contributed by atoms with Gasteiger partial charge in [0.05, 0.1) is 16.8 Å². The lowest BCUT2D eigenvalue weighted by Gasteiger charge is -2.03. The van der Waals surface area contributed by atoms with Crippen LogP contribution in [0.4, 0.5) is 0 Å². The lowest BCUT2D eigenvalue weighted by Crippen LogP contribution is -2.16. The number of terminal acetylenes is 1. The normalized spacial score (nSPS) is 11.7. The van der Waals surface area contributed by atoms with Crippen molar-refractivity contribution in [3.05, 3.63) is 63.5 Å². The number of amides is 1. The van der Waals surface area contributed by atoms with Gasteiger partial charge in [0.1, 0.15) is 0 Å². The molecule has 3 nitrogen and oxygen atoms in total. The second kappa shape index (κ2) is 6.46. The van der Waals surface area contributed by atoms with Gasteiger partial charge in [-0.15, -0.1) is 6.42 Å². The van der Waals surface area contributed by atoms with Crippen LogP contribution in [0, 0.1) is 33.1 Å². The fraction of sp³-hybridized carbons (Fsp3) is 0.200. The first-order chi connectivity index (χ1) is 11.5. The van der Waals surface area contributed by atoms with Crippen molar-refractivity contribution in [2.75, 3.05) is 0 Å². The maximum atomic E-state index is 12.6. The smallest absolute Gasteiger partial charge is 0.279 e. The Hall–Kier alpha value is -2.64. The van der Waals surface area contributed by atoms with E-state index in [9.17, 15) is 4.79 Å². The molecule has 0 bridgehead atoms. The summed E-state index contributed by atoms with van der Waals surface area (Å²) in [6, 6.07) is 11.7. The Bertz CT molecular complexity index is 1050. The van der Waals surface area contributed by atoms with E-state index in [-0.39, 0.29) is 5.91 Å². The van der Waals surface area contributed by atoms with Crippen LogP contribution in [0.15, 0.2) is 41.4 Å². The van der Waals surface area contributed by atoms with Crippen molar-refractivity contribution >= 4 is 27.5 Å². The van der Waals surface area contributed by atoms with Crippen molar-refractivity contribution in [1.29, 1.82) is 0 Å². The predicted octanol–water partition coefficient (Wildman–Crippen LogP) is 4.00. The number of rotatable bonds is 2. The van der Waals surface area contributed by atoms with Crippen molar-refractivity contribution in [2.45, 2.75) is 27.3 Å². The van der Waals surface area contributed by atoms with E-state index in [1.165, 1.54) is 22.5 Å². The first-order valence-electron chi connectivity index (χ1n) is 7.70. The van der Waals surface area contributed by atoms with Crippen LogP contribution in [-0.4, -0.2) is 10.5 Å². The van der Waals surface area contributed by atoms with E-state index in [1.807, 2.05) is 29.7 Å². The van der Waals surface area contributed by atoms with Gasteiger partial charge < -0.3 is 4.57 Å². The Labute approximate surface area is 145 Å². The van der Waals surface area contributed by atoms with Crippen LogP contribution in [-0.2, 0) is 6.54 Å². The Morgan fingerprint density at radius 2 is 1.88 bits per heavy atom. The predicted molar refractivity (Wildman–Crippen MR) is 99.2 cm³/mol. The topological polar surface area (TPSA) is 34.4 Å². The quantitative estimate of drug-likeness (QED) is 0.652. The third-order valence-electron chi connectivity index (χ3n) is 4.12. The minimum atomic E-state index is -0.237. The van der Waals surface area contributed by atoms with E-state index < -0.39 is 0 Å². The molecule has 3 aromatic rings. The standard InChI is InChI=1S/C20H18N2OS/c1-5-10-22-17-11-14(3)15(4)12-18(17)24-20(22)21-19(23)16-9-7-6-8-13(16)2/h1,6-9,11-12H,10H2,2-4H3. The second-order valence-corrected chi connectivity index (χ2v) is 6.82. The summed E-state index contributed by atoms with van der Waals surface area (Å²) in [5.41, 5.74) is 4.98. The van der Waals surface area contributed by atoms with Crippen LogP contribution in [0.2, 0.25) is 0 Å². The van der Waals surface area contributed by atoms with Gasteiger partial charge in [0.2, 0.25) is 0 Å². The summed E-state index contributed by atoms with van der Waals surface area (Å²) in [6.07, 6.45) is 5.52. The SMILES string of the molecule is C#CCn1c(=NC(=O)c2ccccc2C)sc2cc(C)c(C)cc21. The average molecular weight is 334 g/mol. The molecule has 120 valence electrons. The third kappa shape index (κ3) is 2.91. The summed E-state index contributed by atoms with van der Waals surface area (Å²) in [6.45, 7) is 6.45. The number of thiazole rings is 1. The first kappa shape index (κ1) is 16.2. The highest BCUT2D eigenvalue weighted by molar-refractivity contribution is 7.16. The molecule has 1 amide bonds. The van der Waals surface area contributed by atoms with Crippen LogP contribution in [0.3, 0.4) is 0 Å². The molecule has 0 aliphatic heterocycles. The highest BCUT2D eigenvalue weighted by Gasteiger charge is 2.11. The lowest BCUT2D eigenvalue weighted by molar-refractivity contribution is 0.0997. The second-order valence-electron chi connectivity index (χ2n) is 5.81. The average Bonchev–Trinajstić information content (AvgIpc) is 2.85. The van der Waals surface area contributed by atoms with Crippen LogP contribution < -0.4 is 4.80 Å². The molecule has 4 heteroatoms. The summed E-state index contributed by atoms with van der Waals surface area (Å²) in [5, 5.41) is 0. The Balaban J connectivity index is 2.22. The molecule has 24 heavy (non-hydrogen) atoms. The Morgan fingerprint density at radius 3 is 2.58 bits per heavy atom. The van der Waals surface area contributed by atoms with Gasteiger partial charge in [0, 0.05) is 5.56 Å². The molecule has 0 N–H and O–H groups in total. The number of benzene rings is 2. The van der Waals surface area contributed by atoms with Crippen molar-refractivity contribution in [3.8, 4) is 12.3 Å². The molecule has 1 heterocycles. The molecule has 0 radical (unpaired) electrons. The van der Waals surface area contributed by atoms with Gasteiger partial charge in [0.25, 0.3) is 5.91 Å². The fourth-order valence-electron chi connectivity index (χ4n) is 2.61. The summed E-state index contributed by atoms with van der Waals surface area (Å²) in [5.74, 6) is 2.42. The summed E-state index contributed by atoms with van der Waals surface area (Å²) < 4.78 is 3.02. The summed E-state index contributed by atoms with van der Waals surface area (Å²) in [4.78, 5) is 17.6. The van der Waals surface area contributed by atoms with Gasteiger partial charge in [-0.1, -0.05) is 35.5 Å². The van der Waals surface area contributed by atoms with Crippen LogP contribution >= 0.6 is 11.3 Å². The number of hydrogen-bond donors (Lipinski definition) is 0. The van der Waals surface area contributed by atoms with Gasteiger partial charge in [-0.05, 0) is 55.7 Å². The number of carbonyl (C=O) groups is 1. The zero-order valence-corrected chi connectivity index (χ0v) is 14.8. The van der Waals surface area contributed by atoms with Crippen molar-refractivity contribution < 1.29 is 4.79 Å². The van der Waals surface area contributed by atoms with E-state index in [1.54, 1.807) is 6.07 Å². The first-order valence-corrected chi connectivity index (χ1v) is 8.51. The largest absolute Gasteiger partial charge is 0.305 e.